The predicted octanol–water partition coefficient (Wildman–Crippen LogP) is 3.67. The molecule has 0 aliphatic carbocycles. The summed E-state index contributed by atoms with van der Waals surface area (Å²) in [6.45, 7) is 14.7. The third-order valence-corrected chi connectivity index (χ3v) is 3.02. The number of rotatable bonds is 3. The molecule has 0 saturated carbocycles. The molecule has 0 aliphatic rings. The van der Waals surface area contributed by atoms with Gasteiger partial charge in [0.1, 0.15) is 5.78 Å². The summed E-state index contributed by atoms with van der Waals surface area (Å²) in [7, 11) is 0. The minimum atomic E-state index is -0.188. The zero-order valence-corrected chi connectivity index (χ0v) is 10.2. The van der Waals surface area contributed by atoms with Crippen LogP contribution in [0.3, 0.4) is 0 Å². The first-order valence-electron chi connectivity index (χ1n) is 5.10. The van der Waals surface area contributed by atoms with E-state index in [0.29, 0.717) is 18.1 Å². The van der Waals surface area contributed by atoms with Gasteiger partial charge in [-0.1, -0.05) is 48.5 Å². The molecular weight excluding hydrogens is 160 g/mol. The molecule has 1 heteroatoms. The smallest absolute Gasteiger partial charge is 0.138 e. The van der Waals surface area contributed by atoms with Gasteiger partial charge in [0.15, 0.2) is 0 Å². The maximum absolute atomic E-state index is 11.8. The van der Waals surface area contributed by atoms with Crippen LogP contribution in [-0.4, -0.2) is 5.78 Å². The monoisotopic (exact) mass is 184 g/mol. The van der Waals surface area contributed by atoms with Crippen molar-refractivity contribution in [2.45, 2.75) is 54.9 Å². The van der Waals surface area contributed by atoms with Gasteiger partial charge in [-0.3, -0.25) is 4.79 Å². The molecule has 0 rings (SSSR count). The van der Waals surface area contributed by atoms with E-state index < -0.39 is 0 Å². The van der Waals surface area contributed by atoms with Crippen molar-refractivity contribution < 1.29 is 4.79 Å². The second-order valence-corrected chi connectivity index (χ2v) is 5.99. The molecule has 0 N–H and O–H groups in total. The van der Waals surface area contributed by atoms with Gasteiger partial charge in [-0.2, -0.15) is 0 Å². The van der Waals surface area contributed by atoms with E-state index in [1.807, 2.05) is 20.8 Å². The Kier molecular flexibility index (Phi) is 3.71. The van der Waals surface area contributed by atoms with Crippen LogP contribution in [0.5, 0.6) is 0 Å². The van der Waals surface area contributed by atoms with Gasteiger partial charge in [0.25, 0.3) is 0 Å². The lowest BCUT2D eigenvalue weighted by atomic mass is 9.73. The third kappa shape index (κ3) is 3.93. The van der Waals surface area contributed by atoms with Crippen LogP contribution in [0.2, 0.25) is 0 Å². The predicted molar refractivity (Wildman–Crippen MR) is 57.7 cm³/mol. The third-order valence-electron chi connectivity index (χ3n) is 3.02. The van der Waals surface area contributed by atoms with Crippen molar-refractivity contribution in [3.63, 3.8) is 0 Å². The van der Waals surface area contributed by atoms with E-state index in [1.54, 1.807) is 0 Å². The quantitative estimate of drug-likeness (QED) is 0.654. The van der Waals surface area contributed by atoms with Crippen molar-refractivity contribution in [1.29, 1.82) is 0 Å². The SMILES string of the molecule is CC(C)C(C)(C)CC(=O)C(C)(C)C. The van der Waals surface area contributed by atoms with E-state index in [2.05, 4.69) is 27.7 Å². The van der Waals surface area contributed by atoms with Crippen molar-refractivity contribution in [3.8, 4) is 0 Å². The Balaban J connectivity index is 4.38. The number of ketones is 1. The largest absolute Gasteiger partial charge is 0.299 e. The van der Waals surface area contributed by atoms with Crippen molar-refractivity contribution >= 4 is 5.78 Å². The minimum Gasteiger partial charge on any atom is -0.299 e. The maximum atomic E-state index is 11.8. The van der Waals surface area contributed by atoms with E-state index in [0.717, 1.165) is 0 Å². The van der Waals surface area contributed by atoms with Crippen molar-refractivity contribution in [2.75, 3.05) is 0 Å². The van der Waals surface area contributed by atoms with E-state index in [1.165, 1.54) is 0 Å². The normalized spacial score (nSPS) is 13.5. The first-order chi connectivity index (χ1) is 5.57. The minimum absolute atomic E-state index is 0.129. The van der Waals surface area contributed by atoms with Crippen LogP contribution < -0.4 is 0 Å². The summed E-state index contributed by atoms with van der Waals surface area (Å²) in [4.78, 5) is 11.8. The zero-order valence-electron chi connectivity index (χ0n) is 10.2. The van der Waals surface area contributed by atoms with E-state index >= 15 is 0 Å². The van der Waals surface area contributed by atoms with Gasteiger partial charge < -0.3 is 0 Å². The Morgan fingerprint density at radius 3 is 1.69 bits per heavy atom. The highest BCUT2D eigenvalue weighted by atomic mass is 16.1. The fraction of sp³-hybridized carbons (Fsp3) is 0.917. The fourth-order valence-electron chi connectivity index (χ4n) is 0.883. The molecule has 0 amide bonds. The molecule has 0 atom stereocenters. The zero-order chi connectivity index (χ0) is 10.9. The summed E-state index contributed by atoms with van der Waals surface area (Å²) in [5, 5.41) is 0. The Morgan fingerprint density at radius 1 is 1.08 bits per heavy atom. The lowest BCUT2D eigenvalue weighted by Crippen LogP contribution is -2.29. The molecule has 78 valence electrons. The van der Waals surface area contributed by atoms with E-state index in [9.17, 15) is 4.79 Å². The summed E-state index contributed by atoms with van der Waals surface area (Å²) < 4.78 is 0. The standard InChI is InChI=1S/C12H24O/c1-9(2)12(6,7)8-10(13)11(3,4)5/h9H,8H2,1-7H3. The molecule has 0 aromatic rings. The number of Topliss-reactive ketones (excluding diaryl/α,β-unsaturated/α-hetero) is 1. The number of carbonyl (C=O) groups excluding carboxylic acids is 1. The summed E-state index contributed by atoms with van der Waals surface area (Å²) in [6.07, 6.45) is 0.689. The second kappa shape index (κ2) is 3.81. The van der Waals surface area contributed by atoms with Crippen LogP contribution in [0.4, 0.5) is 0 Å². The van der Waals surface area contributed by atoms with Crippen LogP contribution in [-0.2, 0) is 4.79 Å². The molecule has 0 aliphatic heterocycles. The summed E-state index contributed by atoms with van der Waals surface area (Å²) in [5.41, 5.74) is -0.0590. The van der Waals surface area contributed by atoms with Crippen molar-refractivity contribution in [1.82, 2.24) is 0 Å². The lowest BCUT2D eigenvalue weighted by Gasteiger charge is -2.31. The number of hydrogen-bond donors (Lipinski definition) is 0. The molecule has 0 saturated heterocycles. The Labute approximate surface area is 82.9 Å². The first kappa shape index (κ1) is 12.7. The molecular formula is C12H24O. The molecule has 0 radical (unpaired) electrons. The average molecular weight is 184 g/mol. The topological polar surface area (TPSA) is 17.1 Å². The number of carbonyl (C=O) groups is 1. The van der Waals surface area contributed by atoms with Gasteiger partial charge >= 0.3 is 0 Å². The molecule has 1 nitrogen and oxygen atoms in total. The van der Waals surface area contributed by atoms with Crippen LogP contribution in [0.25, 0.3) is 0 Å². The van der Waals surface area contributed by atoms with E-state index in [4.69, 9.17) is 0 Å². The highest BCUT2D eigenvalue weighted by Crippen LogP contribution is 2.33. The summed E-state index contributed by atoms with van der Waals surface area (Å²) in [6, 6.07) is 0. The van der Waals surface area contributed by atoms with Gasteiger partial charge in [-0.15, -0.1) is 0 Å². The second-order valence-electron chi connectivity index (χ2n) is 5.99. The average Bonchev–Trinajstić information content (AvgIpc) is 1.83. The van der Waals surface area contributed by atoms with Crippen LogP contribution in [0, 0.1) is 16.7 Å². The molecule has 0 unspecified atom stereocenters. The Morgan fingerprint density at radius 2 is 1.46 bits per heavy atom. The van der Waals surface area contributed by atoms with Crippen molar-refractivity contribution in [3.05, 3.63) is 0 Å². The molecule has 0 fully saturated rings. The fourth-order valence-corrected chi connectivity index (χ4v) is 0.883. The number of hydrogen-bond acceptors (Lipinski definition) is 1. The van der Waals surface area contributed by atoms with Gasteiger partial charge in [0.05, 0.1) is 0 Å². The highest BCUT2D eigenvalue weighted by molar-refractivity contribution is 5.84. The lowest BCUT2D eigenvalue weighted by molar-refractivity contribution is -0.128. The van der Waals surface area contributed by atoms with E-state index in [-0.39, 0.29) is 10.8 Å². The van der Waals surface area contributed by atoms with Gasteiger partial charge in [0, 0.05) is 11.8 Å². The highest BCUT2D eigenvalue weighted by Gasteiger charge is 2.30. The van der Waals surface area contributed by atoms with Crippen LogP contribution >= 0.6 is 0 Å². The molecule has 0 aromatic carbocycles. The van der Waals surface area contributed by atoms with Crippen LogP contribution in [0.1, 0.15) is 54.9 Å². The van der Waals surface area contributed by atoms with Gasteiger partial charge in [-0.05, 0) is 11.3 Å². The van der Waals surface area contributed by atoms with Gasteiger partial charge in [0.2, 0.25) is 0 Å². The molecule has 0 spiro atoms. The first-order valence-corrected chi connectivity index (χ1v) is 5.10. The maximum Gasteiger partial charge on any atom is 0.138 e. The van der Waals surface area contributed by atoms with Gasteiger partial charge in [-0.25, -0.2) is 0 Å². The molecule has 0 heterocycles. The molecule has 0 aromatic heterocycles. The molecule has 13 heavy (non-hydrogen) atoms. The van der Waals surface area contributed by atoms with Crippen LogP contribution in [0.15, 0.2) is 0 Å². The Hall–Kier alpha value is -0.330. The summed E-state index contributed by atoms with van der Waals surface area (Å²) in [5.74, 6) is 0.921. The summed E-state index contributed by atoms with van der Waals surface area (Å²) >= 11 is 0. The van der Waals surface area contributed by atoms with Crippen molar-refractivity contribution in [2.24, 2.45) is 16.7 Å². The Bertz CT molecular complexity index is 182. The molecule has 0 bridgehead atoms.